The van der Waals surface area contributed by atoms with Crippen LogP contribution in [0.3, 0.4) is 0 Å². The number of rotatable bonds is 4. The Kier molecular flexibility index (Phi) is 9.93. The summed E-state index contributed by atoms with van der Waals surface area (Å²) in [6.07, 6.45) is 0.665. The zero-order valence-corrected chi connectivity index (χ0v) is 36.7. The van der Waals surface area contributed by atoms with Gasteiger partial charge in [-0.1, -0.05) is 6.07 Å². The Hall–Kier alpha value is -6.22. The fraction of sp³-hybridized carbons (Fsp3) is 0.404. The van der Waals surface area contributed by atoms with Gasteiger partial charge in [-0.25, -0.2) is 9.18 Å². The number of fused-ring (bicyclic) bond motifs is 9. The second-order valence-electron chi connectivity index (χ2n) is 17.1. The van der Waals surface area contributed by atoms with Crippen LogP contribution in [0, 0.1) is 31.0 Å². The second-order valence-corrected chi connectivity index (χ2v) is 18.2. The Bertz CT molecular complexity index is 2730. The molecule has 4 bridgehead atoms. The number of esters is 2. The number of nitriles is 1. The molecule has 7 aliphatic heterocycles. The molecule has 1 spiro atoms. The van der Waals surface area contributed by atoms with Gasteiger partial charge in [-0.15, -0.1) is 11.8 Å². The molecule has 7 heterocycles. The number of hydrogen-bond acceptors (Lipinski definition) is 15. The number of phenols is 2. The molecule has 11 rings (SSSR count). The first-order valence-electron chi connectivity index (χ1n) is 20.9. The zero-order valence-electron chi connectivity index (χ0n) is 35.9. The normalized spacial score (nSPS) is 26.5. The SMILES string of the molecule is COc1cc2c(cc1O)CCN(C(=O)c1ccc(F)cc1)[C@]21CS[C@@H]2c3c(OC(C)=O)c(C)c4c(c3[C@H](COC1=O)N1[C@@H]2[C@H]2c3c(cc(C)c(OC)c3O)C[C@@H]([C@@H]1C#N)N2C)OCO4. The van der Waals surface area contributed by atoms with Crippen molar-refractivity contribution in [3.8, 4) is 46.3 Å². The molecule has 0 radical (unpaired) electrons. The summed E-state index contributed by atoms with van der Waals surface area (Å²) in [4.78, 5) is 49.3. The van der Waals surface area contributed by atoms with Gasteiger partial charge in [0.05, 0.1) is 37.6 Å². The summed E-state index contributed by atoms with van der Waals surface area (Å²) < 4.78 is 50.7. The molecule has 2 N–H and O–H groups in total. The summed E-state index contributed by atoms with van der Waals surface area (Å²) in [5, 5.41) is 33.8. The zero-order chi connectivity index (χ0) is 45.1. The number of ether oxygens (including phenoxy) is 6. The fourth-order valence-corrected chi connectivity index (χ4v) is 13.1. The number of benzene rings is 4. The van der Waals surface area contributed by atoms with Crippen molar-refractivity contribution in [3.05, 3.63) is 98.4 Å². The van der Waals surface area contributed by atoms with E-state index in [1.807, 2.05) is 20.0 Å². The third-order valence-corrected chi connectivity index (χ3v) is 15.4. The van der Waals surface area contributed by atoms with E-state index in [1.165, 1.54) is 68.1 Å². The number of aromatic hydroxyl groups is 2. The lowest BCUT2D eigenvalue weighted by Crippen LogP contribution is -2.69. The molecule has 4 aromatic rings. The highest BCUT2D eigenvalue weighted by Crippen LogP contribution is 2.65. The molecule has 2 saturated heterocycles. The lowest BCUT2D eigenvalue weighted by Gasteiger charge is -2.62. The molecule has 0 saturated carbocycles. The van der Waals surface area contributed by atoms with Crippen molar-refractivity contribution in [1.29, 1.82) is 5.26 Å². The standard InChI is InChI=1S/C47H45FN4O11S/c1-21-13-26-14-29-30(17-49)52-31-18-60-46(57)47(28-16-33(58-5)32(54)15-25(28)11-12-51(47)45(56)24-7-9-27(48)10-8-24)19-64-44(38(52)37(50(29)4)34(26)39(55)40(21)59-6)36-35(31)43-42(61-20-62-43)22(2)41(36)63-23(3)53/h7-10,13,15-16,29-31,37-38,44,54-55H,11-12,14,18-20H2,1-6H3/t29-,30-,31-,37+,38+,44+,47+/m0/s1. The molecule has 15 nitrogen and oxygen atoms in total. The second kappa shape index (κ2) is 15.2. The number of carbonyl (C=O) groups is 3. The average Bonchev–Trinajstić information content (AvgIpc) is 3.76. The van der Waals surface area contributed by atoms with Crippen LogP contribution in [0.25, 0.3) is 0 Å². The predicted octanol–water partition coefficient (Wildman–Crippen LogP) is 5.68. The minimum atomic E-state index is -1.88. The van der Waals surface area contributed by atoms with Gasteiger partial charge in [0.2, 0.25) is 6.79 Å². The molecule has 0 aliphatic carbocycles. The largest absolute Gasteiger partial charge is 0.504 e. The Labute approximate surface area is 372 Å². The molecule has 0 unspecified atom stereocenters. The number of halogens is 1. The first-order chi connectivity index (χ1) is 30.7. The van der Waals surface area contributed by atoms with E-state index in [1.54, 1.807) is 13.0 Å². The summed E-state index contributed by atoms with van der Waals surface area (Å²) in [5.74, 6) is -1.48. The molecule has 2 fully saturated rings. The molecule has 332 valence electrons. The van der Waals surface area contributed by atoms with Crippen molar-refractivity contribution in [2.24, 2.45) is 0 Å². The van der Waals surface area contributed by atoms with E-state index in [2.05, 4.69) is 15.9 Å². The number of hydrogen-bond donors (Lipinski definition) is 2. The lowest BCUT2D eigenvalue weighted by atomic mass is 9.71. The number of carbonyl (C=O) groups excluding carboxylic acids is 3. The highest BCUT2D eigenvalue weighted by molar-refractivity contribution is 7.99. The van der Waals surface area contributed by atoms with E-state index in [-0.39, 0.29) is 66.7 Å². The number of phenolic OH excluding ortho intramolecular Hbond substituents is 2. The van der Waals surface area contributed by atoms with Crippen molar-refractivity contribution in [2.45, 2.75) is 74.6 Å². The van der Waals surface area contributed by atoms with Gasteiger partial charge in [0.25, 0.3) is 5.91 Å². The molecule has 0 aromatic heterocycles. The number of piperazine rings is 1. The Morgan fingerprint density at radius 3 is 2.44 bits per heavy atom. The predicted molar refractivity (Wildman–Crippen MR) is 227 cm³/mol. The van der Waals surface area contributed by atoms with Gasteiger partial charge in [0, 0.05) is 59.1 Å². The molecule has 7 aliphatic rings. The van der Waals surface area contributed by atoms with E-state index in [9.17, 15) is 29.5 Å². The van der Waals surface area contributed by atoms with Crippen LogP contribution in [0.2, 0.25) is 0 Å². The van der Waals surface area contributed by atoms with Gasteiger partial charge in [-0.3, -0.25) is 19.4 Å². The van der Waals surface area contributed by atoms with E-state index in [0.717, 1.165) is 11.1 Å². The van der Waals surface area contributed by atoms with E-state index < -0.39 is 58.6 Å². The van der Waals surface area contributed by atoms with Gasteiger partial charge < -0.3 is 43.5 Å². The topological polar surface area (TPSA) is 181 Å². The maximum absolute atomic E-state index is 15.6. The number of methoxy groups -OCH3 is 2. The van der Waals surface area contributed by atoms with Gasteiger partial charge >= 0.3 is 11.9 Å². The van der Waals surface area contributed by atoms with Crippen LogP contribution in [0.4, 0.5) is 4.39 Å². The number of thioether (sulfide) groups is 1. The number of amides is 1. The summed E-state index contributed by atoms with van der Waals surface area (Å²) in [5.41, 5.74) is 3.02. The van der Waals surface area contributed by atoms with Crippen LogP contribution in [-0.4, -0.2) is 108 Å². The van der Waals surface area contributed by atoms with Crippen LogP contribution in [0.1, 0.15) is 79.1 Å². The van der Waals surface area contributed by atoms with Gasteiger partial charge in [0.1, 0.15) is 24.2 Å². The van der Waals surface area contributed by atoms with Crippen LogP contribution in [-0.2, 0) is 32.7 Å². The minimum Gasteiger partial charge on any atom is -0.504 e. The Balaban J connectivity index is 1.27. The van der Waals surface area contributed by atoms with Crippen LogP contribution in [0.5, 0.6) is 40.2 Å². The van der Waals surface area contributed by atoms with Crippen molar-refractivity contribution in [2.75, 3.05) is 47.0 Å². The van der Waals surface area contributed by atoms with Crippen molar-refractivity contribution < 1.29 is 57.4 Å². The van der Waals surface area contributed by atoms with Crippen LogP contribution < -0.4 is 23.7 Å². The number of likely N-dealkylation sites (N-methyl/N-ethyl adjacent to an activating group) is 1. The van der Waals surface area contributed by atoms with E-state index in [4.69, 9.17) is 28.4 Å². The lowest BCUT2D eigenvalue weighted by molar-refractivity contribution is -0.162. The smallest absolute Gasteiger partial charge is 0.337 e. The quantitative estimate of drug-likeness (QED) is 0.189. The Morgan fingerprint density at radius 2 is 1.73 bits per heavy atom. The van der Waals surface area contributed by atoms with Gasteiger partial charge in [0.15, 0.2) is 40.0 Å². The number of aryl methyl sites for hydroxylation is 1. The van der Waals surface area contributed by atoms with Crippen molar-refractivity contribution >= 4 is 29.6 Å². The minimum absolute atomic E-state index is 0.0192. The van der Waals surface area contributed by atoms with Gasteiger partial charge in [-0.05, 0) is 92.4 Å². The van der Waals surface area contributed by atoms with Gasteiger partial charge in [-0.2, -0.15) is 5.26 Å². The third kappa shape index (κ3) is 5.81. The molecule has 17 heteroatoms. The highest BCUT2D eigenvalue weighted by Gasteiger charge is 2.63. The number of nitrogens with zero attached hydrogens (tertiary/aromatic N) is 4. The average molecular weight is 893 g/mol. The Morgan fingerprint density at radius 1 is 0.984 bits per heavy atom. The maximum atomic E-state index is 15.6. The third-order valence-electron chi connectivity index (χ3n) is 14.0. The van der Waals surface area contributed by atoms with Crippen LogP contribution in [0.15, 0.2) is 42.5 Å². The summed E-state index contributed by atoms with van der Waals surface area (Å²) >= 11 is 1.31. The molecular formula is C47H45FN4O11S. The van der Waals surface area contributed by atoms with Crippen LogP contribution >= 0.6 is 11.8 Å². The molecule has 64 heavy (non-hydrogen) atoms. The summed E-state index contributed by atoms with van der Waals surface area (Å²) in [6, 6.07) is 9.37. The summed E-state index contributed by atoms with van der Waals surface area (Å²) in [7, 11) is 4.82. The molecule has 7 atom stereocenters. The van der Waals surface area contributed by atoms with E-state index >= 15 is 4.79 Å². The first-order valence-corrected chi connectivity index (χ1v) is 22.0. The van der Waals surface area contributed by atoms with Crippen molar-refractivity contribution in [1.82, 2.24) is 14.7 Å². The van der Waals surface area contributed by atoms with E-state index in [0.29, 0.717) is 57.1 Å². The fourth-order valence-electron chi connectivity index (χ4n) is 11.3. The maximum Gasteiger partial charge on any atom is 0.337 e. The first kappa shape index (κ1) is 41.8. The highest BCUT2D eigenvalue weighted by atomic mass is 32.2. The summed E-state index contributed by atoms with van der Waals surface area (Å²) in [6.45, 7) is 4.47. The monoisotopic (exact) mass is 892 g/mol. The molecule has 4 aromatic carbocycles. The molecular weight excluding hydrogens is 848 g/mol. The molecule has 1 amide bonds. The van der Waals surface area contributed by atoms with Crippen molar-refractivity contribution in [3.63, 3.8) is 0 Å².